The summed E-state index contributed by atoms with van der Waals surface area (Å²) in [5.41, 5.74) is 1.84. The van der Waals surface area contributed by atoms with Gasteiger partial charge in [0, 0.05) is 63.4 Å². The molecule has 3 aliphatic heterocycles. The van der Waals surface area contributed by atoms with Crippen LogP contribution in [-0.4, -0.2) is 56.3 Å². The lowest BCUT2D eigenvalue weighted by molar-refractivity contribution is 0.0584. The second-order valence-corrected chi connectivity index (χ2v) is 7.35. The number of aromatic nitrogens is 3. The van der Waals surface area contributed by atoms with Crippen LogP contribution in [0.2, 0.25) is 0 Å². The normalized spacial score (nSPS) is 23.0. The fourth-order valence-corrected chi connectivity index (χ4v) is 4.12. The van der Waals surface area contributed by atoms with Crippen molar-refractivity contribution in [3.8, 4) is 0 Å². The van der Waals surface area contributed by atoms with Crippen molar-refractivity contribution in [3.05, 3.63) is 53.9 Å². The van der Waals surface area contributed by atoms with E-state index in [2.05, 4.69) is 30.8 Å². The molecule has 6 heteroatoms. The summed E-state index contributed by atoms with van der Waals surface area (Å²) in [7, 11) is 0. The first kappa shape index (κ1) is 17.1. The summed E-state index contributed by atoms with van der Waals surface area (Å²) in [6, 6.07) is 4.37. The van der Waals surface area contributed by atoms with Gasteiger partial charge in [-0.3, -0.25) is 14.7 Å². The first-order valence-electron chi connectivity index (χ1n) is 9.46. The largest absolute Gasteiger partial charge is 0.334 e. The minimum Gasteiger partial charge on any atom is -0.334 e. The number of hydrogen-bond donors (Lipinski definition) is 0. The topological polar surface area (TPSA) is 62.2 Å². The molecule has 3 aliphatic rings. The molecule has 136 valence electrons. The molecule has 0 spiro atoms. The minimum absolute atomic E-state index is 0.0746. The Kier molecular flexibility index (Phi) is 4.93. The van der Waals surface area contributed by atoms with Crippen LogP contribution in [0.15, 0.2) is 36.9 Å². The highest BCUT2D eigenvalue weighted by Crippen LogP contribution is 2.29. The van der Waals surface area contributed by atoms with Crippen LogP contribution in [0.1, 0.15) is 41.5 Å². The molecule has 5 heterocycles. The predicted octanol–water partition coefficient (Wildman–Crippen LogP) is 2.17. The van der Waals surface area contributed by atoms with Crippen molar-refractivity contribution >= 4 is 5.91 Å². The van der Waals surface area contributed by atoms with Crippen LogP contribution in [0.3, 0.4) is 0 Å². The first-order chi connectivity index (χ1) is 12.7. The molecular weight excluding hydrogens is 326 g/mol. The molecule has 3 fully saturated rings. The molecule has 1 amide bonds. The maximum absolute atomic E-state index is 13.0. The summed E-state index contributed by atoms with van der Waals surface area (Å²) in [5.74, 6) is 1.39. The summed E-state index contributed by atoms with van der Waals surface area (Å²) >= 11 is 0. The SMILES string of the molecule is CCc1ncc(C(=O)N2C[C@H]3CC[C@@H]2CN(Cc2cccnc2)C3)cn1. The molecule has 2 aromatic heterocycles. The zero-order valence-electron chi connectivity index (χ0n) is 15.2. The second-order valence-electron chi connectivity index (χ2n) is 7.35. The van der Waals surface area contributed by atoms with Gasteiger partial charge in [-0.1, -0.05) is 13.0 Å². The molecule has 0 aromatic carbocycles. The highest BCUT2D eigenvalue weighted by atomic mass is 16.2. The third-order valence-corrected chi connectivity index (χ3v) is 5.45. The Morgan fingerprint density at radius 3 is 2.73 bits per heavy atom. The number of carbonyl (C=O) groups excluding carboxylic acids is 1. The Balaban J connectivity index is 1.48. The highest BCUT2D eigenvalue weighted by Gasteiger charge is 2.37. The lowest BCUT2D eigenvalue weighted by atomic mass is 9.94. The van der Waals surface area contributed by atoms with Crippen LogP contribution in [0.4, 0.5) is 0 Å². The van der Waals surface area contributed by atoms with Gasteiger partial charge in [0.2, 0.25) is 0 Å². The molecule has 0 radical (unpaired) electrons. The average Bonchev–Trinajstić information content (AvgIpc) is 2.99. The van der Waals surface area contributed by atoms with E-state index in [1.165, 1.54) is 12.0 Å². The zero-order chi connectivity index (χ0) is 17.9. The summed E-state index contributed by atoms with van der Waals surface area (Å²) in [5, 5.41) is 0. The van der Waals surface area contributed by atoms with Crippen LogP contribution in [0, 0.1) is 5.92 Å². The number of amides is 1. The maximum Gasteiger partial charge on any atom is 0.257 e. The molecule has 2 atom stereocenters. The Labute approximate surface area is 154 Å². The number of nitrogens with zero attached hydrogens (tertiary/aromatic N) is 5. The quantitative estimate of drug-likeness (QED) is 0.845. The van der Waals surface area contributed by atoms with Crippen LogP contribution in [0.5, 0.6) is 0 Å². The van der Waals surface area contributed by atoms with Gasteiger partial charge in [0.1, 0.15) is 5.82 Å². The summed E-state index contributed by atoms with van der Waals surface area (Å²) in [6.45, 7) is 5.71. The number of fused-ring (bicyclic) bond motifs is 4. The van der Waals surface area contributed by atoms with E-state index in [1.807, 2.05) is 25.4 Å². The van der Waals surface area contributed by atoms with Crippen molar-refractivity contribution in [2.75, 3.05) is 19.6 Å². The number of rotatable bonds is 4. The van der Waals surface area contributed by atoms with Gasteiger partial charge in [0.15, 0.2) is 0 Å². The van der Waals surface area contributed by atoms with Gasteiger partial charge in [-0.25, -0.2) is 9.97 Å². The second kappa shape index (κ2) is 7.50. The Bertz CT molecular complexity index is 749. The fourth-order valence-electron chi connectivity index (χ4n) is 4.12. The molecule has 0 unspecified atom stereocenters. The minimum atomic E-state index is 0.0746. The third kappa shape index (κ3) is 3.60. The van der Waals surface area contributed by atoms with Crippen molar-refractivity contribution in [3.63, 3.8) is 0 Å². The van der Waals surface area contributed by atoms with Crippen molar-refractivity contribution < 1.29 is 4.79 Å². The smallest absolute Gasteiger partial charge is 0.257 e. The predicted molar refractivity (Wildman–Crippen MR) is 98.5 cm³/mol. The van der Waals surface area contributed by atoms with Gasteiger partial charge in [-0.2, -0.15) is 0 Å². The van der Waals surface area contributed by atoms with Crippen molar-refractivity contribution in [2.45, 2.75) is 38.8 Å². The van der Waals surface area contributed by atoms with Crippen molar-refractivity contribution in [1.82, 2.24) is 24.8 Å². The summed E-state index contributed by atoms with van der Waals surface area (Å²) < 4.78 is 0. The van der Waals surface area contributed by atoms with E-state index < -0.39 is 0 Å². The highest BCUT2D eigenvalue weighted by molar-refractivity contribution is 5.94. The van der Waals surface area contributed by atoms with Crippen molar-refractivity contribution in [1.29, 1.82) is 0 Å². The number of carbonyl (C=O) groups is 1. The molecule has 2 aromatic rings. The molecule has 26 heavy (non-hydrogen) atoms. The van der Waals surface area contributed by atoms with Gasteiger partial charge in [0.25, 0.3) is 5.91 Å². The third-order valence-electron chi connectivity index (χ3n) is 5.45. The number of piperidine rings is 1. The van der Waals surface area contributed by atoms with Gasteiger partial charge >= 0.3 is 0 Å². The van der Waals surface area contributed by atoms with Crippen LogP contribution in [0.25, 0.3) is 0 Å². The van der Waals surface area contributed by atoms with Gasteiger partial charge in [0.05, 0.1) is 5.56 Å². The molecule has 5 rings (SSSR count). The zero-order valence-corrected chi connectivity index (χ0v) is 15.2. The Morgan fingerprint density at radius 2 is 2.00 bits per heavy atom. The van der Waals surface area contributed by atoms with E-state index >= 15 is 0 Å². The molecule has 3 saturated heterocycles. The Morgan fingerprint density at radius 1 is 1.15 bits per heavy atom. The number of pyridine rings is 1. The van der Waals surface area contributed by atoms with E-state index in [1.54, 1.807) is 12.4 Å². The van der Waals surface area contributed by atoms with Crippen LogP contribution in [-0.2, 0) is 13.0 Å². The van der Waals surface area contributed by atoms with E-state index in [9.17, 15) is 4.79 Å². The average molecular weight is 351 g/mol. The van der Waals surface area contributed by atoms with Crippen molar-refractivity contribution in [2.24, 2.45) is 5.92 Å². The summed E-state index contributed by atoms with van der Waals surface area (Å²) in [6.07, 6.45) is 10.2. The fraction of sp³-hybridized carbons (Fsp3) is 0.500. The van der Waals surface area contributed by atoms with Crippen LogP contribution < -0.4 is 0 Å². The maximum atomic E-state index is 13.0. The Hall–Kier alpha value is -2.34. The number of aryl methyl sites for hydroxylation is 1. The van der Waals surface area contributed by atoms with E-state index in [0.29, 0.717) is 11.5 Å². The molecule has 0 N–H and O–H groups in total. The van der Waals surface area contributed by atoms with E-state index in [0.717, 1.165) is 44.8 Å². The number of hydrogen-bond acceptors (Lipinski definition) is 5. The van der Waals surface area contributed by atoms with E-state index in [4.69, 9.17) is 0 Å². The molecule has 6 nitrogen and oxygen atoms in total. The van der Waals surface area contributed by atoms with Gasteiger partial charge in [-0.05, 0) is 30.4 Å². The van der Waals surface area contributed by atoms with E-state index in [-0.39, 0.29) is 11.9 Å². The van der Waals surface area contributed by atoms with Gasteiger partial charge in [-0.15, -0.1) is 0 Å². The monoisotopic (exact) mass is 351 g/mol. The summed E-state index contributed by atoms with van der Waals surface area (Å²) in [4.78, 5) is 30.4. The lowest BCUT2D eigenvalue weighted by Crippen LogP contribution is -2.47. The van der Waals surface area contributed by atoms with Crippen LogP contribution >= 0.6 is 0 Å². The molecule has 2 bridgehead atoms. The molecule has 0 saturated carbocycles. The lowest BCUT2D eigenvalue weighted by Gasteiger charge is -2.36. The molecule has 0 aliphatic carbocycles. The standard InChI is InChI=1S/C20H25N5O/c1-2-19-22-9-17(10-23-19)20(26)25-13-16-5-6-18(25)14-24(12-16)11-15-4-3-7-21-8-15/h3-4,7-10,16,18H,2,5-6,11-14H2,1H3/t16-,18+/m0/s1. The first-order valence-corrected chi connectivity index (χ1v) is 9.46. The van der Waals surface area contributed by atoms with Gasteiger partial charge < -0.3 is 4.90 Å². The molecular formula is C20H25N5O.